The van der Waals surface area contributed by atoms with Gasteiger partial charge in [0, 0.05) is 16.4 Å². The molecule has 0 aliphatic rings. The molecule has 4 heteroatoms. The van der Waals surface area contributed by atoms with E-state index in [2.05, 4.69) is 15.9 Å². The third-order valence-corrected chi connectivity index (χ3v) is 3.49. The van der Waals surface area contributed by atoms with Gasteiger partial charge in [-0.2, -0.15) is 0 Å². The highest BCUT2D eigenvalue weighted by Crippen LogP contribution is 2.29. The molecule has 0 radical (unpaired) electrons. The Morgan fingerprint density at radius 1 is 1.06 bits per heavy atom. The van der Waals surface area contributed by atoms with Gasteiger partial charge in [-0.25, -0.2) is 0 Å². The molecule has 2 rings (SSSR count). The van der Waals surface area contributed by atoms with E-state index in [1.54, 1.807) is 6.07 Å². The van der Waals surface area contributed by atoms with Gasteiger partial charge in [0.25, 0.3) is 0 Å². The van der Waals surface area contributed by atoms with Gasteiger partial charge >= 0.3 is 0 Å². The minimum atomic E-state index is -0.917. The number of halogens is 1. The van der Waals surface area contributed by atoms with E-state index >= 15 is 0 Å². The number of fused-ring (bicyclic) bond motifs is 1. The number of hydrogen-bond acceptors (Lipinski definition) is 3. The number of aliphatic hydroxyl groups excluding tert-OH is 2. The van der Waals surface area contributed by atoms with Crippen molar-refractivity contribution in [3.8, 4) is 0 Å². The molecule has 2 aromatic rings. The number of nitrogens with two attached hydrogens (primary N) is 1. The summed E-state index contributed by atoms with van der Waals surface area (Å²) in [4.78, 5) is 0. The zero-order valence-corrected chi connectivity index (χ0v) is 10.8. The van der Waals surface area contributed by atoms with Gasteiger partial charge in [0.2, 0.25) is 0 Å². The Hall–Kier alpha value is -1.10. The predicted octanol–water partition coefficient (Wildman–Crippen LogP) is 2.21. The van der Waals surface area contributed by atoms with Crippen LogP contribution in [0.2, 0.25) is 0 Å². The monoisotopic (exact) mass is 295 g/mol. The Labute approximate surface area is 108 Å². The van der Waals surface area contributed by atoms with Crippen LogP contribution in [0.15, 0.2) is 36.4 Å². The second kappa shape index (κ2) is 5.04. The van der Waals surface area contributed by atoms with E-state index in [1.807, 2.05) is 30.3 Å². The van der Waals surface area contributed by atoms with Crippen LogP contribution >= 0.6 is 15.9 Å². The van der Waals surface area contributed by atoms with Gasteiger partial charge in [-0.15, -0.1) is 0 Å². The Balaban J connectivity index is 2.58. The second-order valence-electron chi connectivity index (χ2n) is 3.96. The molecule has 0 heterocycles. The van der Waals surface area contributed by atoms with Crippen LogP contribution < -0.4 is 5.73 Å². The standard InChI is InChI=1S/C13H14BrNO2/c14-7-12(16)13(17)10-5-1-4-9-8(10)3-2-6-11(9)15/h1-6,12-13,16-17H,7,15H2. The lowest BCUT2D eigenvalue weighted by Gasteiger charge is -2.18. The normalized spacial score (nSPS) is 14.8. The van der Waals surface area contributed by atoms with Crippen LogP contribution in [0.3, 0.4) is 0 Å². The highest BCUT2D eigenvalue weighted by atomic mass is 79.9. The Morgan fingerprint density at radius 3 is 2.41 bits per heavy atom. The molecule has 2 aromatic carbocycles. The van der Waals surface area contributed by atoms with Crippen molar-refractivity contribution in [1.29, 1.82) is 0 Å². The number of alkyl halides is 1. The minimum absolute atomic E-state index is 0.326. The van der Waals surface area contributed by atoms with Gasteiger partial charge < -0.3 is 15.9 Å². The molecule has 2 unspecified atom stereocenters. The van der Waals surface area contributed by atoms with Crippen molar-refractivity contribution in [2.75, 3.05) is 11.1 Å². The largest absolute Gasteiger partial charge is 0.398 e. The maximum Gasteiger partial charge on any atom is 0.106 e. The highest BCUT2D eigenvalue weighted by molar-refractivity contribution is 9.09. The lowest BCUT2D eigenvalue weighted by Crippen LogP contribution is -2.19. The molecule has 0 aliphatic carbocycles. The van der Waals surface area contributed by atoms with Crippen LogP contribution in [0, 0.1) is 0 Å². The van der Waals surface area contributed by atoms with Gasteiger partial charge in [-0.1, -0.05) is 46.3 Å². The van der Waals surface area contributed by atoms with Crippen LogP contribution in [0.5, 0.6) is 0 Å². The van der Waals surface area contributed by atoms with Crippen molar-refractivity contribution in [2.24, 2.45) is 0 Å². The third kappa shape index (κ3) is 2.29. The fraction of sp³-hybridized carbons (Fsp3) is 0.231. The van der Waals surface area contributed by atoms with Crippen LogP contribution in [0.25, 0.3) is 10.8 Å². The summed E-state index contributed by atoms with van der Waals surface area (Å²) in [7, 11) is 0. The first-order valence-electron chi connectivity index (χ1n) is 5.34. The molecular formula is C13H14BrNO2. The zero-order chi connectivity index (χ0) is 12.4. The number of anilines is 1. The zero-order valence-electron chi connectivity index (χ0n) is 9.18. The fourth-order valence-corrected chi connectivity index (χ4v) is 2.26. The Morgan fingerprint density at radius 2 is 1.71 bits per heavy atom. The van der Waals surface area contributed by atoms with Gasteiger partial charge in [0.1, 0.15) is 6.10 Å². The lowest BCUT2D eigenvalue weighted by molar-refractivity contribution is 0.0352. The molecule has 0 fully saturated rings. The number of aliphatic hydroxyl groups is 2. The fourth-order valence-electron chi connectivity index (χ4n) is 1.91. The summed E-state index contributed by atoms with van der Waals surface area (Å²) in [6.45, 7) is 0. The molecular weight excluding hydrogens is 282 g/mol. The van der Waals surface area contributed by atoms with Crippen LogP contribution in [-0.2, 0) is 0 Å². The van der Waals surface area contributed by atoms with Crippen molar-refractivity contribution >= 4 is 32.4 Å². The van der Waals surface area contributed by atoms with E-state index in [9.17, 15) is 10.2 Å². The summed E-state index contributed by atoms with van der Waals surface area (Å²) in [5.74, 6) is 0. The van der Waals surface area contributed by atoms with Crippen molar-refractivity contribution < 1.29 is 10.2 Å². The summed E-state index contributed by atoms with van der Waals surface area (Å²) in [6, 6.07) is 11.1. The number of rotatable bonds is 3. The maximum absolute atomic E-state index is 10.1. The summed E-state index contributed by atoms with van der Waals surface area (Å²) in [6.07, 6.45) is -1.75. The molecule has 4 N–H and O–H groups in total. The quantitative estimate of drug-likeness (QED) is 0.601. The molecule has 2 atom stereocenters. The number of benzene rings is 2. The maximum atomic E-state index is 10.1. The number of hydrogen-bond donors (Lipinski definition) is 3. The predicted molar refractivity (Wildman–Crippen MR) is 73.1 cm³/mol. The van der Waals surface area contributed by atoms with Gasteiger partial charge in [0.05, 0.1) is 6.10 Å². The van der Waals surface area contributed by atoms with Crippen LogP contribution in [0.1, 0.15) is 11.7 Å². The molecule has 90 valence electrons. The minimum Gasteiger partial charge on any atom is -0.398 e. The van der Waals surface area contributed by atoms with E-state index in [-0.39, 0.29) is 0 Å². The average molecular weight is 296 g/mol. The first-order valence-corrected chi connectivity index (χ1v) is 6.46. The SMILES string of the molecule is Nc1cccc2c(C(O)C(O)CBr)cccc12. The van der Waals surface area contributed by atoms with Crippen molar-refractivity contribution in [1.82, 2.24) is 0 Å². The van der Waals surface area contributed by atoms with E-state index in [4.69, 9.17) is 5.73 Å². The van der Waals surface area contributed by atoms with Crippen LogP contribution in [-0.4, -0.2) is 21.6 Å². The molecule has 0 bridgehead atoms. The topological polar surface area (TPSA) is 66.5 Å². The molecule has 3 nitrogen and oxygen atoms in total. The smallest absolute Gasteiger partial charge is 0.106 e. The summed E-state index contributed by atoms with van der Waals surface area (Å²) in [5.41, 5.74) is 7.25. The van der Waals surface area contributed by atoms with Crippen LogP contribution in [0.4, 0.5) is 5.69 Å². The van der Waals surface area contributed by atoms with E-state index < -0.39 is 12.2 Å². The molecule has 0 saturated heterocycles. The van der Waals surface area contributed by atoms with Gasteiger partial charge in [0.15, 0.2) is 0 Å². The second-order valence-corrected chi connectivity index (χ2v) is 4.60. The summed E-state index contributed by atoms with van der Waals surface area (Å²) in [5, 5.41) is 21.8. The van der Waals surface area contributed by atoms with Gasteiger partial charge in [-0.05, 0) is 17.0 Å². The Kier molecular flexibility index (Phi) is 3.66. The number of nitrogen functional groups attached to an aromatic ring is 1. The molecule has 0 spiro atoms. The van der Waals surface area contributed by atoms with Gasteiger partial charge in [-0.3, -0.25) is 0 Å². The van der Waals surface area contributed by atoms with Crippen molar-refractivity contribution in [3.63, 3.8) is 0 Å². The van der Waals surface area contributed by atoms with E-state index in [1.165, 1.54) is 0 Å². The molecule has 0 saturated carbocycles. The Bertz CT molecular complexity index is 530. The first kappa shape index (κ1) is 12.4. The molecule has 17 heavy (non-hydrogen) atoms. The summed E-state index contributed by atoms with van der Waals surface area (Å²) >= 11 is 3.16. The lowest BCUT2D eigenvalue weighted by atomic mass is 9.97. The van der Waals surface area contributed by atoms with Crippen molar-refractivity contribution in [2.45, 2.75) is 12.2 Å². The molecule has 0 amide bonds. The van der Waals surface area contributed by atoms with E-state index in [0.29, 0.717) is 16.6 Å². The molecule has 0 aromatic heterocycles. The highest BCUT2D eigenvalue weighted by Gasteiger charge is 2.19. The summed E-state index contributed by atoms with van der Waals surface area (Å²) < 4.78 is 0. The molecule has 0 aliphatic heterocycles. The third-order valence-electron chi connectivity index (χ3n) is 2.83. The van der Waals surface area contributed by atoms with E-state index in [0.717, 1.165) is 10.8 Å². The average Bonchev–Trinajstić information content (AvgIpc) is 2.37. The first-order chi connectivity index (χ1) is 8.15. The van der Waals surface area contributed by atoms with Crippen molar-refractivity contribution in [3.05, 3.63) is 42.0 Å².